The maximum atomic E-state index is 13.5. The summed E-state index contributed by atoms with van der Waals surface area (Å²) in [4.78, 5) is 18.4. The first-order valence-corrected chi connectivity index (χ1v) is 10.8. The van der Waals surface area contributed by atoms with Crippen molar-refractivity contribution in [1.29, 1.82) is 0 Å². The van der Waals surface area contributed by atoms with E-state index in [9.17, 15) is 4.79 Å². The normalized spacial score (nSPS) is 11.1. The topological polar surface area (TPSA) is 44.1 Å². The van der Waals surface area contributed by atoms with Crippen LogP contribution in [0.25, 0.3) is 16.6 Å². The van der Waals surface area contributed by atoms with Gasteiger partial charge in [0.1, 0.15) is 5.75 Å². The SMILES string of the molecule is COc1ccc(C)cc1CSc1nc2ccccc2c(=O)n1-c1c(C)cccc1C. The van der Waals surface area contributed by atoms with Crippen LogP contribution >= 0.6 is 11.8 Å². The number of aryl methyl sites for hydroxylation is 3. The van der Waals surface area contributed by atoms with Crippen LogP contribution in [0.3, 0.4) is 0 Å². The van der Waals surface area contributed by atoms with E-state index in [4.69, 9.17) is 9.72 Å². The Bertz CT molecular complexity index is 1270. The van der Waals surface area contributed by atoms with Gasteiger partial charge >= 0.3 is 0 Å². The summed E-state index contributed by atoms with van der Waals surface area (Å²) in [6.07, 6.45) is 0. The molecular weight excluding hydrogens is 392 g/mol. The van der Waals surface area contributed by atoms with Gasteiger partial charge in [-0.2, -0.15) is 0 Å². The Kier molecular flexibility index (Phi) is 5.64. The molecule has 1 aromatic heterocycles. The van der Waals surface area contributed by atoms with Crippen molar-refractivity contribution in [3.63, 3.8) is 0 Å². The third-order valence-corrected chi connectivity index (χ3v) is 6.19. The second-order valence-corrected chi connectivity index (χ2v) is 8.34. The molecular formula is C25H24N2O2S. The van der Waals surface area contributed by atoms with Gasteiger partial charge in [0.25, 0.3) is 5.56 Å². The minimum Gasteiger partial charge on any atom is -0.496 e. The number of ether oxygens (including phenoxy) is 1. The summed E-state index contributed by atoms with van der Waals surface area (Å²) in [7, 11) is 1.68. The van der Waals surface area contributed by atoms with Crippen LogP contribution in [0.15, 0.2) is 70.6 Å². The number of nitrogens with zero attached hydrogens (tertiary/aromatic N) is 2. The van der Waals surface area contributed by atoms with Gasteiger partial charge in [0.05, 0.1) is 23.7 Å². The number of rotatable bonds is 5. The van der Waals surface area contributed by atoms with E-state index in [1.165, 1.54) is 5.56 Å². The second-order valence-electron chi connectivity index (χ2n) is 7.40. The molecule has 0 bridgehead atoms. The first kappa shape index (κ1) is 20.2. The fraction of sp³-hybridized carbons (Fsp3) is 0.200. The molecule has 0 fully saturated rings. The minimum atomic E-state index is -0.0447. The standard InChI is InChI=1S/C25H24N2O2S/c1-16-12-13-22(29-4)19(14-16)15-30-25-26-21-11-6-5-10-20(21)24(28)27(25)23-17(2)8-7-9-18(23)3/h5-14H,15H2,1-4H3. The summed E-state index contributed by atoms with van der Waals surface area (Å²) in [6, 6.07) is 19.7. The van der Waals surface area contributed by atoms with Gasteiger partial charge in [0.15, 0.2) is 5.16 Å². The number of hydrogen-bond donors (Lipinski definition) is 0. The van der Waals surface area contributed by atoms with Crippen LogP contribution < -0.4 is 10.3 Å². The summed E-state index contributed by atoms with van der Waals surface area (Å²) in [5.41, 5.74) is 5.91. The largest absolute Gasteiger partial charge is 0.496 e. The summed E-state index contributed by atoms with van der Waals surface area (Å²) < 4.78 is 7.30. The Morgan fingerprint density at radius 2 is 1.70 bits per heavy atom. The number of methoxy groups -OCH3 is 1. The number of hydrogen-bond acceptors (Lipinski definition) is 4. The van der Waals surface area contributed by atoms with Crippen molar-refractivity contribution in [3.05, 3.63) is 93.3 Å². The lowest BCUT2D eigenvalue weighted by atomic mass is 10.1. The quantitative estimate of drug-likeness (QED) is 0.313. The number of thioether (sulfide) groups is 1. The zero-order chi connectivity index (χ0) is 21.3. The van der Waals surface area contributed by atoms with Crippen molar-refractivity contribution in [2.24, 2.45) is 0 Å². The Morgan fingerprint density at radius 3 is 2.43 bits per heavy atom. The van der Waals surface area contributed by atoms with Crippen LogP contribution in [0.4, 0.5) is 0 Å². The molecule has 0 amide bonds. The average molecular weight is 417 g/mol. The van der Waals surface area contributed by atoms with Gasteiger partial charge in [-0.1, -0.05) is 59.8 Å². The number of fused-ring (bicyclic) bond motifs is 1. The molecule has 0 spiro atoms. The fourth-order valence-electron chi connectivity index (χ4n) is 3.73. The maximum Gasteiger partial charge on any atom is 0.266 e. The zero-order valence-electron chi connectivity index (χ0n) is 17.6. The Morgan fingerprint density at radius 1 is 0.967 bits per heavy atom. The number of aromatic nitrogens is 2. The fourth-order valence-corrected chi connectivity index (χ4v) is 4.70. The van der Waals surface area contributed by atoms with Crippen molar-refractivity contribution < 1.29 is 4.74 Å². The second kappa shape index (κ2) is 8.36. The summed E-state index contributed by atoms with van der Waals surface area (Å²) in [6.45, 7) is 6.12. The summed E-state index contributed by atoms with van der Waals surface area (Å²) in [5, 5.41) is 1.30. The molecule has 0 saturated heterocycles. The van der Waals surface area contributed by atoms with Crippen LogP contribution in [0.5, 0.6) is 5.75 Å². The lowest BCUT2D eigenvalue weighted by Crippen LogP contribution is -2.23. The summed E-state index contributed by atoms with van der Waals surface area (Å²) in [5.74, 6) is 1.50. The molecule has 4 rings (SSSR count). The van der Waals surface area contributed by atoms with E-state index in [0.717, 1.165) is 28.1 Å². The molecule has 0 aliphatic carbocycles. The molecule has 0 aliphatic heterocycles. The van der Waals surface area contributed by atoms with Gasteiger partial charge in [0, 0.05) is 11.3 Å². The van der Waals surface area contributed by atoms with Gasteiger partial charge < -0.3 is 4.74 Å². The van der Waals surface area contributed by atoms with E-state index in [-0.39, 0.29) is 5.56 Å². The number of benzene rings is 3. The van der Waals surface area contributed by atoms with Crippen molar-refractivity contribution >= 4 is 22.7 Å². The molecule has 0 N–H and O–H groups in total. The molecule has 3 aromatic carbocycles. The van der Waals surface area contributed by atoms with Gasteiger partial charge in [-0.15, -0.1) is 0 Å². The molecule has 1 heterocycles. The average Bonchev–Trinajstić information content (AvgIpc) is 2.74. The van der Waals surface area contributed by atoms with E-state index in [2.05, 4.69) is 13.0 Å². The molecule has 30 heavy (non-hydrogen) atoms. The summed E-state index contributed by atoms with van der Waals surface area (Å²) >= 11 is 1.55. The molecule has 0 atom stereocenters. The lowest BCUT2D eigenvalue weighted by Gasteiger charge is -2.17. The van der Waals surface area contributed by atoms with E-state index in [1.54, 1.807) is 23.4 Å². The number of para-hydroxylation sites is 2. The Hall–Kier alpha value is -3.05. The maximum absolute atomic E-state index is 13.5. The highest BCUT2D eigenvalue weighted by Crippen LogP contribution is 2.30. The lowest BCUT2D eigenvalue weighted by molar-refractivity contribution is 0.411. The Labute approximate surface area is 180 Å². The third-order valence-electron chi connectivity index (χ3n) is 5.20. The van der Waals surface area contributed by atoms with E-state index < -0.39 is 0 Å². The van der Waals surface area contributed by atoms with Crippen molar-refractivity contribution in [3.8, 4) is 11.4 Å². The van der Waals surface area contributed by atoms with Crippen LogP contribution in [0, 0.1) is 20.8 Å². The van der Waals surface area contributed by atoms with E-state index >= 15 is 0 Å². The third kappa shape index (κ3) is 3.73. The predicted molar refractivity (Wildman–Crippen MR) is 124 cm³/mol. The van der Waals surface area contributed by atoms with Crippen molar-refractivity contribution in [1.82, 2.24) is 9.55 Å². The van der Waals surface area contributed by atoms with Crippen LogP contribution in [-0.2, 0) is 5.75 Å². The van der Waals surface area contributed by atoms with Crippen molar-refractivity contribution in [2.75, 3.05) is 7.11 Å². The first-order chi connectivity index (χ1) is 14.5. The zero-order valence-corrected chi connectivity index (χ0v) is 18.4. The predicted octanol–water partition coefficient (Wildman–Crippen LogP) is 5.61. The molecule has 152 valence electrons. The molecule has 4 nitrogen and oxygen atoms in total. The smallest absolute Gasteiger partial charge is 0.266 e. The molecule has 0 radical (unpaired) electrons. The molecule has 0 unspecified atom stereocenters. The monoisotopic (exact) mass is 416 g/mol. The Balaban J connectivity index is 1.89. The van der Waals surface area contributed by atoms with E-state index in [0.29, 0.717) is 21.8 Å². The first-order valence-electron chi connectivity index (χ1n) is 9.84. The highest BCUT2D eigenvalue weighted by atomic mass is 32.2. The van der Waals surface area contributed by atoms with Gasteiger partial charge in [-0.25, -0.2) is 4.98 Å². The van der Waals surface area contributed by atoms with Crippen molar-refractivity contribution in [2.45, 2.75) is 31.7 Å². The molecule has 0 aliphatic rings. The van der Waals surface area contributed by atoms with Gasteiger partial charge in [-0.3, -0.25) is 9.36 Å². The van der Waals surface area contributed by atoms with Gasteiger partial charge in [0.2, 0.25) is 0 Å². The van der Waals surface area contributed by atoms with E-state index in [1.807, 2.05) is 68.4 Å². The van der Waals surface area contributed by atoms with Crippen LogP contribution in [-0.4, -0.2) is 16.7 Å². The highest BCUT2D eigenvalue weighted by Gasteiger charge is 2.17. The molecule has 5 heteroatoms. The molecule has 4 aromatic rings. The highest BCUT2D eigenvalue weighted by molar-refractivity contribution is 7.98. The van der Waals surface area contributed by atoms with Crippen LogP contribution in [0.1, 0.15) is 22.3 Å². The molecule has 0 saturated carbocycles. The van der Waals surface area contributed by atoms with Crippen LogP contribution in [0.2, 0.25) is 0 Å². The van der Waals surface area contributed by atoms with Gasteiger partial charge in [-0.05, 0) is 50.1 Å². The minimum absolute atomic E-state index is 0.0447.